The zero-order valence-electron chi connectivity index (χ0n) is 14.3. The molecule has 0 unspecified atom stereocenters. The van der Waals surface area contributed by atoms with Gasteiger partial charge in [0.05, 0.1) is 43.3 Å². The largest absolute Gasteiger partial charge is 0.494 e. The molecule has 2 aromatic rings. The van der Waals surface area contributed by atoms with Crippen LogP contribution in [0.2, 0.25) is 0 Å². The topological polar surface area (TPSA) is 83.8 Å². The Morgan fingerprint density at radius 1 is 1.23 bits per heavy atom. The van der Waals surface area contributed by atoms with Gasteiger partial charge in [-0.2, -0.15) is 0 Å². The summed E-state index contributed by atoms with van der Waals surface area (Å²) >= 11 is 0. The van der Waals surface area contributed by atoms with Crippen molar-refractivity contribution in [1.82, 2.24) is 15.5 Å². The van der Waals surface area contributed by atoms with Crippen LogP contribution in [0.1, 0.15) is 24.3 Å². The van der Waals surface area contributed by atoms with Gasteiger partial charge in [0.2, 0.25) is 0 Å². The van der Waals surface area contributed by atoms with Crippen molar-refractivity contribution in [2.75, 3.05) is 13.2 Å². The summed E-state index contributed by atoms with van der Waals surface area (Å²) < 4.78 is 10.8. The number of carbonyl (C=O) groups is 2. The molecule has 2 aliphatic rings. The molecule has 134 valence electrons. The number of benzene rings is 1. The van der Waals surface area contributed by atoms with Crippen molar-refractivity contribution in [2.24, 2.45) is 0 Å². The Morgan fingerprint density at radius 2 is 2.04 bits per heavy atom. The fourth-order valence-corrected chi connectivity index (χ4v) is 3.32. The van der Waals surface area contributed by atoms with Crippen LogP contribution in [0.5, 0.6) is 5.75 Å². The van der Waals surface area contributed by atoms with E-state index in [4.69, 9.17) is 9.15 Å². The molecule has 0 saturated carbocycles. The van der Waals surface area contributed by atoms with E-state index in [1.54, 1.807) is 17.2 Å². The number of hydrogen-bond acceptors (Lipinski definition) is 4. The molecule has 4 rings (SSSR count). The number of carbonyl (C=O) groups excluding carboxylic acids is 2. The third kappa shape index (κ3) is 2.92. The summed E-state index contributed by atoms with van der Waals surface area (Å²) in [6, 6.07) is 10.2. The summed E-state index contributed by atoms with van der Waals surface area (Å²) in [5.41, 5.74) is 2.05. The van der Waals surface area contributed by atoms with Crippen LogP contribution in [-0.2, 0) is 11.3 Å². The lowest BCUT2D eigenvalue weighted by Crippen LogP contribution is -2.44. The molecule has 0 radical (unpaired) electrons. The first-order valence-corrected chi connectivity index (χ1v) is 8.50. The Labute approximate surface area is 150 Å². The maximum Gasteiger partial charge on any atom is 0.319 e. The SMILES string of the molecule is CCOc1ccc([C@H]2NC(=O)NC3=C2C(=O)N(Cc2ccco2)C3)cc1. The first-order chi connectivity index (χ1) is 12.7. The van der Waals surface area contributed by atoms with Crippen molar-refractivity contribution >= 4 is 11.9 Å². The highest BCUT2D eigenvalue weighted by atomic mass is 16.5. The molecule has 0 aliphatic carbocycles. The molecule has 1 aromatic carbocycles. The van der Waals surface area contributed by atoms with Crippen molar-refractivity contribution in [2.45, 2.75) is 19.5 Å². The molecular weight excluding hydrogens is 334 g/mol. The number of furan rings is 1. The lowest BCUT2D eigenvalue weighted by atomic mass is 9.96. The molecule has 26 heavy (non-hydrogen) atoms. The number of amides is 3. The molecular formula is C19H19N3O4. The van der Waals surface area contributed by atoms with Gasteiger partial charge in [0, 0.05) is 0 Å². The summed E-state index contributed by atoms with van der Waals surface area (Å²) in [6.07, 6.45) is 1.58. The third-order valence-electron chi connectivity index (χ3n) is 4.47. The van der Waals surface area contributed by atoms with E-state index >= 15 is 0 Å². The number of ether oxygens (including phenoxy) is 1. The van der Waals surface area contributed by atoms with Gasteiger partial charge in [-0.1, -0.05) is 12.1 Å². The van der Waals surface area contributed by atoms with Crippen LogP contribution in [-0.4, -0.2) is 30.0 Å². The van der Waals surface area contributed by atoms with Gasteiger partial charge in [-0.25, -0.2) is 4.79 Å². The number of nitrogens with one attached hydrogen (secondary N) is 2. The van der Waals surface area contributed by atoms with E-state index in [1.165, 1.54) is 0 Å². The molecule has 1 atom stereocenters. The Bertz CT molecular complexity index is 855. The Morgan fingerprint density at radius 3 is 2.73 bits per heavy atom. The maximum absolute atomic E-state index is 12.9. The number of hydrogen-bond donors (Lipinski definition) is 2. The van der Waals surface area contributed by atoms with Crippen molar-refractivity contribution in [1.29, 1.82) is 0 Å². The molecule has 1 aromatic heterocycles. The average molecular weight is 353 g/mol. The van der Waals surface area contributed by atoms with Gasteiger partial charge >= 0.3 is 6.03 Å². The van der Waals surface area contributed by atoms with E-state index in [9.17, 15) is 9.59 Å². The Hall–Kier alpha value is -3.22. The molecule has 7 heteroatoms. The standard InChI is InChI=1S/C19H19N3O4/c1-2-25-13-7-5-12(6-8-13)17-16-15(20-19(24)21-17)11-22(18(16)23)10-14-4-3-9-26-14/h3-9,17H,2,10-11H2,1H3,(H2,20,21,24)/t17-/m1/s1. The molecule has 2 aliphatic heterocycles. The van der Waals surface area contributed by atoms with Crippen molar-refractivity contribution in [3.8, 4) is 5.75 Å². The maximum atomic E-state index is 12.9. The van der Waals surface area contributed by atoms with Crippen molar-refractivity contribution in [3.63, 3.8) is 0 Å². The molecule has 0 bridgehead atoms. The van der Waals surface area contributed by atoms with Crippen LogP contribution in [0, 0.1) is 0 Å². The third-order valence-corrected chi connectivity index (χ3v) is 4.47. The van der Waals surface area contributed by atoms with Crippen LogP contribution < -0.4 is 15.4 Å². The minimum absolute atomic E-state index is 0.109. The Balaban J connectivity index is 1.60. The highest BCUT2D eigenvalue weighted by molar-refractivity contribution is 6.01. The second-order valence-electron chi connectivity index (χ2n) is 6.17. The fourth-order valence-electron chi connectivity index (χ4n) is 3.32. The molecule has 3 heterocycles. The van der Waals surface area contributed by atoms with Gasteiger partial charge < -0.3 is 24.7 Å². The Kier molecular flexibility index (Phi) is 4.12. The predicted molar refractivity (Wildman–Crippen MR) is 93.2 cm³/mol. The summed E-state index contributed by atoms with van der Waals surface area (Å²) in [5, 5.41) is 5.61. The second kappa shape index (κ2) is 6.59. The summed E-state index contributed by atoms with van der Waals surface area (Å²) in [4.78, 5) is 26.7. The molecule has 0 fully saturated rings. The highest BCUT2D eigenvalue weighted by Crippen LogP contribution is 2.33. The first-order valence-electron chi connectivity index (χ1n) is 8.50. The lowest BCUT2D eigenvalue weighted by molar-refractivity contribution is -0.126. The van der Waals surface area contributed by atoms with Gasteiger partial charge in [-0.15, -0.1) is 0 Å². The zero-order chi connectivity index (χ0) is 18.1. The van der Waals surface area contributed by atoms with Crippen LogP contribution in [0.4, 0.5) is 4.79 Å². The molecule has 0 saturated heterocycles. The predicted octanol–water partition coefficient (Wildman–Crippen LogP) is 2.33. The monoisotopic (exact) mass is 353 g/mol. The number of rotatable bonds is 5. The first kappa shape index (κ1) is 16.3. The quantitative estimate of drug-likeness (QED) is 0.864. The number of urea groups is 1. The van der Waals surface area contributed by atoms with Gasteiger partial charge in [-0.05, 0) is 36.8 Å². The van der Waals surface area contributed by atoms with E-state index in [-0.39, 0.29) is 11.9 Å². The zero-order valence-corrected chi connectivity index (χ0v) is 14.3. The van der Waals surface area contributed by atoms with E-state index in [2.05, 4.69) is 10.6 Å². The lowest BCUT2D eigenvalue weighted by Gasteiger charge is -2.25. The van der Waals surface area contributed by atoms with Gasteiger partial charge in [0.15, 0.2) is 0 Å². The number of nitrogens with zero attached hydrogens (tertiary/aromatic N) is 1. The summed E-state index contributed by atoms with van der Waals surface area (Å²) in [7, 11) is 0. The highest BCUT2D eigenvalue weighted by Gasteiger charge is 2.40. The summed E-state index contributed by atoms with van der Waals surface area (Å²) in [6.45, 7) is 3.22. The van der Waals surface area contributed by atoms with Crippen LogP contribution in [0.3, 0.4) is 0 Å². The minimum atomic E-state index is -0.483. The minimum Gasteiger partial charge on any atom is -0.494 e. The van der Waals surface area contributed by atoms with Gasteiger partial charge in [-0.3, -0.25) is 4.79 Å². The smallest absolute Gasteiger partial charge is 0.319 e. The molecule has 0 spiro atoms. The summed E-state index contributed by atoms with van der Waals surface area (Å²) in [5.74, 6) is 1.35. The second-order valence-corrected chi connectivity index (χ2v) is 6.17. The van der Waals surface area contributed by atoms with Gasteiger partial charge in [0.1, 0.15) is 11.5 Å². The van der Waals surface area contributed by atoms with Crippen LogP contribution in [0.15, 0.2) is 58.3 Å². The molecule has 2 N–H and O–H groups in total. The van der Waals surface area contributed by atoms with E-state index in [1.807, 2.05) is 37.3 Å². The van der Waals surface area contributed by atoms with E-state index in [0.29, 0.717) is 36.7 Å². The normalized spacial score (nSPS) is 19.3. The average Bonchev–Trinajstić information content (AvgIpc) is 3.24. The molecule has 3 amide bonds. The fraction of sp³-hybridized carbons (Fsp3) is 0.263. The van der Waals surface area contributed by atoms with Crippen molar-refractivity contribution < 1.29 is 18.7 Å². The van der Waals surface area contributed by atoms with Crippen LogP contribution in [0.25, 0.3) is 0 Å². The van der Waals surface area contributed by atoms with Gasteiger partial charge in [0.25, 0.3) is 5.91 Å². The molecule has 7 nitrogen and oxygen atoms in total. The van der Waals surface area contributed by atoms with Crippen LogP contribution >= 0.6 is 0 Å². The van der Waals surface area contributed by atoms with E-state index < -0.39 is 6.04 Å². The van der Waals surface area contributed by atoms with E-state index in [0.717, 1.165) is 11.3 Å². The van der Waals surface area contributed by atoms with Crippen molar-refractivity contribution in [3.05, 3.63) is 65.3 Å².